The van der Waals surface area contributed by atoms with E-state index in [1.165, 1.54) is 0 Å². The largest absolute Gasteiger partial charge is 0.508 e. The highest BCUT2D eigenvalue weighted by Gasteiger charge is 2.43. The fourth-order valence-corrected chi connectivity index (χ4v) is 3.30. The van der Waals surface area contributed by atoms with E-state index >= 15 is 0 Å². The lowest BCUT2D eigenvalue weighted by Crippen LogP contribution is -2.42. The van der Waals surface area contributed by atoms with Crippen molar-refractivity contribution < 1.29 is 14.6 Å². The quantitative estimate of drug-likeness (QED) is 0.762. The molecule has 98 valence electrons. The topological polar surface area (TPSA) is 38.7 Å². The Morgan fingerprint density at radius 3 is 1.89 bits per heavy atom. The average molecular weight is 248 g/mol. The van der Waals surface area contributed by atoms with Gasteiger partial charge in [0.1, 0.15) is 28.5 Å². The first kappa shape index (κ1) is 11.7. The molecule has 0 aliphatic carbocycles. The summed E-state index contributed by atoms with van der Waals surface area (Å²) in [7, 11) is 0. The van der Waals surface area contributed by atoms with Crippen LogP contribution in [-0.2, 0) is 0 Å². The first-order chi connectivity index (χ1) is 8.26. The van der Waals surface area contributed by atoms with Crippen LogP contribution in [0.1, 0.15) is 52.0 Å². The third kappa shape index (κ3) is 1.82. The number of rotatable bonds is 0. The molecule has 0 fully saturated rings. The fourth-order valence-electron chi connectivity index (χ4n) is 3.30. The lowest BCUT2D eigenvalue weighted by Gasteiger charge is -2.45. The minimum absolute atomic E-state index is 0.184. The van der Waals surface area contributed by atoms with Crippen LogP contribution < -0.4 is 9.47 Å². The molecule has 3 nitrogen and oxygen atoms in total. The molecule has 3 rings (SSSR count). The van der Waals surface area contributed by atoms with Crippen molar-refractivity contribution in [3.63, 3.8) is 0 Å². The van der Waals surface area contributed by atoms with Gasteiger partial charge in [0.2, 0.25) is 0 Å². The third-order valence-electron chi connectivity index (χ3n) is 3.75. The molecule has 0 atom stereocenters. The van der Waals surface area contributed by atoms with Crippen molar-refractivity contribution in [2.24, 2.45) is 0 Å². The molecule has 0 unspecified atom stereocenters. The molecule has 0 spiro atoms. The van der Waals surface area contributed by atoms with E-state index in [0.717, 1.165) is 29.9 Å². The zero-order chi connectivity index (χ0) is 13.1. The molecule has 2 aliphatic heterocycles. The SMILES string of the molecule is CC1(C)CC2CC(C)(C)Oc3cc(O)cc(c32)O1. The monoisotopic (exact) mass is 248 g/mol. The predicted octanol–water partition coefficient (Wildman–Crippen LogP) is 3.60. The second-order valence-corrected chi connectivity index (χ2v) is 6.68. The Hall–Kier alpha value is -1.38. The van der Waals surface area contributed by atoms with Crippen LogP contribution in [0.3, 0.4) is 0 Å². The van der Waals surface area contributed by atoms with E-state index in [4.69, 9.17) is 9.47 Å². The van der Waals surface area contributed by atoms with Gasteiger partial charge in [0.15, 0.2) is 0 Å². The zero-order valence-electron chi connectivity index (χ0n) is 11.4. The normalized spacial score (nSPS) is 23.8. The molecule has 3 heteroatoms. The van der Waals surface area contributed by atoms with Crippen LogP contribution in [0.2, 0.25) is 0 Å². The summed E-state index contributed by atoms with van der Waals surface area (Å²) >= 11 is 0. The molecule has 1 aromatic carbocycles. The molecule has 1 N–H and O–H groups in total. The molecule has 1 aromatic rings. The van der Waals surface area contributed by atoms with Crippen LogP contribution in [0.4, 0.5) is 0 Å². The van der Waals surface area contributed by atoms with Gasteiger partial charge in [0, 0.05) is 17.7 Å². The smallest absolute Gasteiger partial charge is 0.130 e. The second kappa shape index (κ2) is 3.34. The predicted molar refractivity (Wildman–Crippen MR) is 69.5 cm³/mol. The Bertz CT molecular complexity index is 461. The summed E-state index contributed by atoms with van der Waals surface area (Å²) < 4.78 is 12.0. The van der Waals surface area contributed by atoms with Gasteiger partial charge in [-0.2, -0.15) is 0 Å². The van der Waals surface area contributed by atoms with E-state index in [1.807, 2.05) is 0 Å². The summed E-state index contributed by atoms with van der Waals surface area (Å²) in [5, 5.41) is 9.79. The van der Waals surface area contributed by atoms with Gasteiger partial charge in [-0.15, -0.1) is 0 Å². The van der Waals surface area contributed by atoms with Crippen molar-refractivity contribution in [1.82, 2.24) is 0 Å². The van der Waals surface area contributed by atoms with Gasteiger partial charge in [-0.05, 0) is 46.5 Å². The Morgan fingerprint density at radius 1 is 1.00 bits per heavy atom. The molecule has 0 amide bonds. The number of phenols is 1. The van der Waals surface area contributed by atoms with E-state index in [2.05, 4.69) is 27.7 Å². The summed E-state index contributed by atoms with van der Waals surface area (Å²) in [6.45, 7) is 8.40. The van der Waals surface area contributed by atoms with E-state index in [-0.39, 0.29) is 17.0 Å². The summed E-state index contributed by atoms with van der Waals surface area (Å²) in [4.78, 5) is 0. The summed E-state index contributed by atoms with van der Waals surface area (Å²) in [6.07, 6.45) is 1.98. The number of ether oxygens (including phenoxy) is 2. The minimum atomic E-state index is -0.184. The van der Waals surface area contributed by atoms with Crippen LogP contribution in [0.15, 0.2) is 12.1 Å². The zero-order valence-corrected chi connectivity index (χ0v) is 11.4. The fraction of sp³-hybridized carbons (Fsp3) is 0.600. The van der Waals surface area contributed by atoms with E-state index in [9.17, 15) is 5.11 Å². The van der Waals surface area contributed by atoms with E-state index in [0.29, 0.717) is 5.92 Å². The van der Waals surface area contributed by atoms with Crippen LogP contribution in [0.5, 0.6) is 17.2 Å². The van der Waals surface area contributed by atoms with Crippen molar-refractivity contribution >= 4 is 0 Å². The highest BCUT2D eigenvalue weighted by Crippen LogP contribution is 2.53. The lowest BCUT2D eigenvalue weighted by molar-refractivity contribution is 0.0200. The van der Waals surface area contributed by atoms with Crippen LogP contribution >= 0.6 is 0 Å². The van der Waals surface area contributed by atoms with Crippen LogP contribution in [0.25, 0.3) is 0 Å². The van der Waals surface area contributed by atoms with Gasteiger partial charge in [-0.3, -0.25) is 0 Å². The number of phenolic OH excluding ortho intramolecular Hbond substituents is 1. The molecular formula is C15H20O3. The number of hydrogen-bond donors (Lipinski definition) is 1. The van der Waals surface area contributed by atoms with Gasteiger partial charge < -0.3 is 14.6 Å². The average Bonchev–Trinajstić information content (AvgIpc) is 2.09. The number of benzene rings is 1. The Labute approximate surface area is 108 Å². The van der Waals surface area contributed by atoms with Crippen molar-refractivity contribution in [2.45, 2.75) is 57.7 Å². The summed E-state index contributed by atoms with van der Waals surface area (Å²) in [6, 6.07) is 3.41. The van der Waals surface area contributed by atoms with Crippen molar-refractivity contribution in [3.05, 3.63) is 17.7 Å². The molecular weight excluding hydrogens is 228 g/mol. The molecule has 0 radical (unpaired) electrons. The van der Waals surface area contributed by atoms with Crippen LogP contribution in [-0.4, -0.2) is 16.3 Å². The number of hydrogen-bond acceptors (Lipinski definition) is 3. The summed E-state index contributed by atoms with van der Waals surface area (Å²) in [5.41, 5.74) is 0.762. The molecule has 2 heterocycles. The van der Waals surface area contributed by atoms with E-state index < -0.39 is 0 Å². The molecule has 2 aliphatic rings. The highest BCUT2D eigenvalue weighted by atomic mass is 16.5. The standard InChI is InChI=1S/C15H20O3/c1-14(2)7-9-8-15(3,4)18-12-6-10(16)5-11(17-14)13(9)12/h5-6,9,16H,7-8H2,1-4H3. The Kier molecular flexibility index (Phi) is 2.17. The lowest BCUT2D eigenvalue weighted by atomic mass is 9.76. The highest BCUT2D eigenvalue weighted by molar-refractivity contribution is 5.55. The van der Waals surface area contributed by atoms with Crippen molar-refractivity contribution in [1.29, 1.82) is 0 Å². The van der Waals surface area contributed by atoms with Crippen LogP contribution in [0, 0.1) is 0 Å². The first-order valence-corrected chi connectivity index (χ1v) is 6.51. The second-order valence-electron chi connectivity index (χ2n) is 6.68. The molecule has 18 heavy (non-hydrogen) atoms. The van der Waals surface area contributed by atoms with Gasteiger partial charge in [-0.1, -0.05) is 0 Å². The van der Waals surface area contributed by atoms with Crippen molar-refractivity contribution in [3.8, 4) is 17.2 Å². The van der Waals surface area contributed by atoms with Crippen molar-refractivity contribution in [2.75, 3.05) is 0 Å². The van der Waals surface area contributed by atoms with E-state index in [1.54, 1.807) is 12.1 Å². The minimum Gasteiger partial charge on any atom is -0.508 e. The molecule has 0 aromatic heterocycles. The van der Waals surface area contributed by atoms with Gasteiger partial charge >= 0.3 is 0 Å². The Morgan fingerprint density at radius 2 is 1.44 bits per heavy atom. The molecule has 0 bridgehead atoms. The van der Waals surface area contributed by atoms with Gasteiger partial charge in [0.05, 0.1) is 0 Å². The Balaban J connectivity index is 2.17. The number of aromatic hydroxyl groups is 1. The maximum atomic E-state index is 9.79. The summed E-state index contributed by atoms with van der Waals surface area (Å²) in [5.74, 6) is 2.21. The maximum absolute atomic E-state index is 9.79. The molecule has 0 saturated carbocycles. The van der Waals surface area contributed by atoms with Gasteiger partial charge in [-0.25, -0.2) is 0 Å². The molecule has 0 saturated heterocycles. The first-order valence-electron chi connectivity index (χ1n) is 6.51. The maximum Gasteiger partial charge on any atom is 0.130 e. The van der Waals surface area contributed by atoms with Gasteiger partial charge in [0.25, 0.3) is 0 Å². The third-order valence-corrected chi connectivity index (χ3v) is 3.75.